The van der Waals surface area contributed by atoms with Crippen molar-refractivity contribution < 1.29 is 0 Å². The molecule has 0 bridgehead atoms. The fourth-order valence-electron chi connectivity index (χ4n) is 1.72. The summed E-state index contributed by atoms with van der Waals surface area (Å²) >= 11 is 13.8. The molecule has 2 aromatic rings. The summed E-state index contributed by atoms with van der Waals surface area (Å²) in [5.74, 6) is 0. The van der Waals surface area contributed by atoms with Crippen molar-refractivity contribution >= 4 is 34.5 Å². The average Bonchev–Trinajstić information content (AvgIpc) is 2.82. The van der Waals surface area contributed by atoms with Crippen LogP contribution in [-0.4, -0.2) is 0 Å². The zero-order valence-electron chi connectivity index (χ0n) is 9.20. The Morgan fingerprint density at radius 3 is 2.76 bits per heavy atom. The number of benzene rings is 1. The van der Waals surface area contributed by atoms with Gasteiger partial charge >= 0.3 is 0 Å². The van der Waals surface area contributed by atoms with Crippen LogP contribution in [0.25, 0.3) is 0 Å². The van der Waals surface area contributed by atoms with E-state index in [-0.39, 0.29) is 6.04 Å². The molecule has 0 saturated heterocycles. The van der Waals surface area contributed by atoms with Crippen molar-refractivity contribution in [2.75, 3.05) is 0 Å². The second-order valence-corrected chi connectivity index (χ2v) is 5.49. The maximum absolute atomic E-state index is 6.14. The monoisotopic (exact) mass is 285 g/mol. The van der Waals surface area contributed by atoms with Gasteiger partial charge in [-0.15, -0.1) is 0 Å². The molecule has 1 unspecified atom stereocenters. The Labute approximate surface area is 115 Å². The highest BCUT2D eigenvalue weighted by Gasteiger charge is 2.12. The summed E-state index contributed by atoms with van der Waals surface area (Å²) in [5, 5.41) is 5.36. The normalized spacial score (nSPS) is 12.6. The molecule has 17 heavy (non-hydrogen) atoms. The van der Waals surface area contributed by atoms with Crippen molar-refractivity contribution in [2.45, 2.75) is 18.9 Å². The minimum atomic E-state index is -0.0684. The summed E-state index contributed by atoms with van der Waals surface area (Å²) in [7, 11) is 0. The molecule has 1 aromatic carbocycles. The van der Waals surface area contributed by atoms with E-state index in [1.807, 2.05) is 12.1 Å². The first-order valence-electron chi connectivity index (χ1n) is 5.39. The van der Waals surface area contributed by atoms with Gasteiger partial charge in [-0.2, -0.15) is 11.3 Å². The Morgan fingerprint density at radius 2 is 2.06 bits per heavy atom. The molecule has 1 atom stereocenters. The van der Waals surface area contributed by atoms with Crippen LogP contribution in [0.3, 0.4) is 0 Å². The Morgan fingerprint density at radius 1 is 1.24 bits per heavy atom. The Hall–Kier alpha value is -0.540. The third-order valence-corrected chi connectivity index (χ3v) is 4.27. The van der Waals surface area contributed by atoms with E-state index in [9.17, 15) is 0 Å². The summed E-state index contributed by atoms with van der Waals surface area (Å²) in [6.45, 7) is 0. The molecule has 0 radical (unpaired) electrons. The van der Waals surface area contributed by atoms with Crippen LogP contribution < -0.4 is 5.73 Å². The predicted octanol–water partition coefficient (Wildman–Crippen LogP) is 4.69. The SMILES string of the molecule is NC(CCc1ccsc1)c1cccc(Cl)c1Cl. The second kappa shape index (κ2) is 5.87. The fraction of sp³-hybridized carbons (Fsp3) is 0.231. The largest absolute Gasteiger partial charge is 0.324 e. The molecule has 0 aliphatic rings. The van der Waals surface area contributed by atoms with Gasteiger partial charge in [0.15, 0.2) is 0 Å². The summed E-state index contributed by atoms with van der Waals surface area (Å²) < 4.78 is 0. The van der Waals surface area contributed by atoms with E-state index in [4.69, 9.17) is 28.9 Å². The number of rotatable bonds is 4. The standard InChI is InChI=1S/C13H13Cl2NS/c14-11-3-1-2-10(13(11)15)12(16)5-4-9-6-7-17-8-9/h1-3,6-8,12H,4-5,16H2. The maximum Gasteiger partial charge on any atom is 0.0640 e. The van der Waals surface area contributed by atoms with Crippen LogP contribution in [0, 0.1) is 0 Å². The highest BCUT2D eigenvalue weighted by atomic mass is 35.5. The number of halogens is 2. The fourth-order valence-corrected chi connectivity index (χ4v) is 2.87. The smallest absolute Gasteiger partial charge is 0.0640 e. The van der Waals surface area contributed by atoms with E-state index in [2.05, 4.69) is 16.8 Å². The maximum atomic E-state index is 6.14. The first-order chi connectivity index (χ1) is 8.18. The molecule has 1 aromatic heterocycles. The van der Waals surface area contributed by atoms with Crippen LogP contribution in [0.1, 0.15) is 23.6 Å². The van der Waals surface area contributed by atoms with Crippen LogP contribution in [0.15, 0.2) is 35.0 Å². The van der Waals surface area contributed by atoms with Gasteiger partial charge in [0, 0.05) is 6.04 Å². The van der Waals surface area contributed by atoms with E-state index < -0.39 is 0 Å². The topological polar surface area (TPSA) is 26.0 Å². The van der Waals surface area contributed by atoms with Gasteiger partial charge in [-0.1, -0.05) is 35.3 Å². The molecule has 0 aliphatic heterocycles. The van der Waals surface area contributed by atoms with Crippen LogP contribution in [0.4, 0.5) is 0 Å². The minimum Gasteiger partial charge on any atom is -0.324 e. The first kappa shape index (κ1) is 12.9. The van der Waals surface area contributed by atoms with Crippen molar-refractivity contribution in [3.63, 3.8) is 0 Å². The predicted molar refractivity (Wildman–Crippen MR) is 76.0 cm³/mol. The molecule has 1 nitrogen and oxygen atoms in total. The van der Waals surface area contributed by atoms with Gasteiger partial charge in [0.05, 0.1) is 10.0 Å². The van der Waals surface area contributed by atoms with Gasteiger partial charge in [0.1, 0.15) is 0 Å². The van der Waals surface area contributed by atoms with Crippen molar-refractivity contribution in [1.82, 2.24) is 0 Å². The molecule has 0 amide bonds. The molecular formula is C13H13Cl2NS. The number of thiophene rings is 1. The molecular weight excluding hydrogens is 273 g/mol. The number of hydrogen-bond donors (Lipinski definition) is 1. The Kier molecular flexibility index (Phi) is 4.46. The number of nitrogens with two attached hydrogens (primary N) is 1. The van der Waals surface area contributed by atoms with Gasteiger partial charge < -0.3 is 5.73 Å². The Balaban J connectivity index is 2.04. The summed E-state index contributed by atoms with van der Waals surface area (Å²) in [6, 6.07) is 7.65. The molecule has 0 saturated carbocycles. The van der Waals surface area contributed by atoms with E-state index in [0.717, 1.165) is 18.4 Å². The lowest BCUT2D eigenvalue weighted by molar-refractivity contribution is 0.652. The van der Waals surface area contributed by atoms with Crippen LogP contribution in [-0.2, 0) is 6.42 Å². The third kappa shape index (κ3) is 3.23. The van der Waals surface area contributed by atoms with Gasteiger partial charge in [-0.25, -0.2) is 0 Å². The highest BCUT2D eigenvalue weighted by Crippen LogP contribution is 2.30. The zero-order valence-corrected chi connectivity index (χ0v) is 11.5. The van der Waals surface area contributed by atoms with Crippen molar-refractivity contribution in [3.05, 3.63) is 56.2 Å². The minimum absolute atomic E-state index is 0.0684. The van der Waals surface area contributed by atoms with E-state index in [0.29, 0.717) is 10.0 Å². The molecule has 90 valence electrons. The lowest BCUT2D eigenvalue weighted by Crippen LogP contribution is -2.11. The van der Waals surface area contributed by atoms with Crippen LogP contribution >= 0.6 is 34.5 Å². The number of hydrogen-bond acceptors (Lipinski definition) is 2. The molecule has 4 heteroatoms. The second-order valence-electron chi connectivity index (χ2n) is 3.92. The van der Waals surface area contributed by atoms with Gasteiger partial charge in [0.25, 0.3) is 0 Å². The molecule has 2 N–H and O–H groups in total. The number of aryl methyl sites for hydroxylation is 1. The lowest BCUT2D eigenvalue weighted by Gasteiger charge is -2.14. The van der Waals surface area contributed by atoms with E-state index in [1.54, 1.807) is 17.4 Å². The van der Waals surface area contributed by atoms with Gasteiger partial charge in [-0.3, -0.25) is 0 Å². The molecule has 0 aliphatic carbocycles. The molecule has 0 spiro atoms. The summed E-state index contributed by atoms with van der Waals surface area (Å²) in [4.78, 5) is 0. The van der Waals surface area contributed by atoms with Crippen molar-refractivity contribution in [2.24, 2.45) is 5.73 Å². The summed E-state index contributed by atoms with van der Waals surface area (Å²) in [5.41, 5.74) is 8.39. The highest BCUT2D eigenvalue weighted by molar-refractivity contribution is 7.07. The van der Waals surface area contributed by atoms with Crippen molar-refractivity contribution in [1.29, 1.82) is 0 Å². The first-order valence-corrected chi connectivity index (χ1v) is 7.09. The average molecular weight is 286 g/mol. The van der Waals surface area contributed by atoms with Crippen molar-refractivity contribution in [3.8, 4) is 0 Å². The van der Waals surface area contributed by atoms with Crippen LogP contribution in [0.5, 0.6) is 0 Å². The summed E-state index contributed by atoms with van der Waals surface area (Å²) in [6.07, 6.45) is 1.84. The van der Waals surface area contributed by atoms with Gasteiger partial charge in [-0.05, 0) is 46.9 Å². The quantitative estimate of drug-likeness (QED) is 0.867. The van der Waals surface area contributed by atoms with Crippen LogP contribution in [0.2, 0.25) is 10.0 Å². The lowest BCUT2D eigenvalue weighted by atomic mass is 10.0. The van der Waals surface area contributed by atoms with Gasteiger partial charge in [0.2, 0.25) is 0 Å². The van der Waals surface area contributed by atoms with E-state index in [1.165, 1.54) is 5.56 Å². The Bertz CT molecular complexity index is 482. The third-order valence-electron chi connectivity index (χ3n) is 2.71. The molecule has 2 rings (SSSR count). The molecule has 0 fully saturated rings. The zero-order chi connectivity index (χ0) is 12.3. The molecule has 1 heterocycles. The van der Waals surface area contributed by atoms with E-state index >= 15 is 0 Å².